The predicted molar refractivity (Wildman–Crippen MR) is 140 cm³/mol. The van der Waals surface area contributed by atoms with Crippen LogP contribution in [0, 0.1) is 53.3 Å². The van der Waals surface area contributed by atoms with Gasteiger partial charge < -0.3 is 10.4 Å². The van der Waals surface area contributed by atoms with Gasteiger partial charge in [-0.2, -0.15) is 0 Å². The zero-order valence-corrected chi connectivity index (χ0v) is 23.5. The molecule has 0 radical (unpaired) electrons. The number of aliphatic hydroxyl groups excluding tert-OH is 1. The highest BCUT2D eigenvalue weighted by molar-refractivity contribution is 4.95. The van der Waals surface area contributed by atoms with Crippen LogP contribution in [-0.4, -0.2) is 23.8 Å². The van der Waals surface area contributed by atoms with E-state index in [0.29, 0.717) is 30.4 Å². The van der Waals surface area contributed by atoms with Gasteiger partial charge in [0.05, 0.1) is 0 Å². The van der Waals surface area contributed by atoms with Gasteiger partial charge in [0, 0.05) is 18.7 Å². The quantitative estimate of drug-likeness (QED) is 0.341. The van der Waals surface area contributed by atoms with Crippen LogP contribution in [-0.2, 0) is 0 Å². The number of hydrogen-bond acceptors (Lipinski definition) is 2. The van der Waals surface area contributed by atoms with E-state index >= 15 is 0 Å². The molecule has 2 saturated carbocycles. The zero-order valence-electron chi connectivity index (χ0n) is 23.5. The molecule has 0 aromatic heterocycles. The molecule has 4 unspecified atom stereocenters. The minimum atomic E-state index is 0.343. The van der Waals surface area contributed by atoms with Gasteiger partial charge in [0.2, 0.25) is 0 Å². The number of hydrogen-bond donors (Lipinski definition) is 2. The largest absolute Gasteiger partial charge is 0.396 e. The molecule has 2 fully saturated rings. The van der Waals surface area contributed by atoms with Crippen molar-refractivity contribution in [2.24, 2.45) is 53.3 Å². The van der Waals surface area contributed by atoms with Gasteiger partial charge in [0.25, 0.3) is 0 Å². The molecule has 0 amide bonds. The van der Waals surface area contributed by atoms with Crippen LogP contribution in [0.15, 0.2) is 0 Å². The molecule has 4 atom stereocenters. The molecule has 0 spiro atoms. The molecule has 2 nitrogen and oxygen atoms in total. The van der Waals surface area contributed by atoms with Gasteiger partial charge in [-0.05, 0) is 85.4 Å². The highest BCUT2D eigenvalue weighted by Gasteiger charge is 2.38. The van der Waals surface area contributed by atoms with Crippen molar-refractivity contribution in [1.29, 1.82) is 0 Å². The third-order valence-corrected chi connectivity index (χ3v) is 7.02. The summed E-state index contributed by atoms with van der Waals surface area (Å²) in [5, 5.41) is 12.5. The average Bonchev–Trinajstić information content (AvgIpc) is 3.52. The van der Waals surface area contributed by atoms with Gasteiger partial charge in [0.15, 0.2) is 0 Å². The van der Waals surface area contributed by atoms with Crippen molar-refractivity contribution in [2.75, 3.05) is 6.61 Å². The molecule has 31 heavy (non-hydrogen) atoms. The first kappa shape index (κ1) is 30.9. The minimum Gasteiger partial charge on any atom is -0.396 e. The molecule has 0 heterocycles. The number of aliphatic hydroxyl groups is 1. The number of rotatable bonds is 11. The Morgan fingerprint density at radius 1 is 0.742 bits per heavy atom. The fourth-order valence-corrected chi connectivity index (χ4v) is 4.81. The summed E-state index contributed by atoms with van der Waals surface area (Å²) in [6.07, 6.45) is 7.01. The van der Waals surface area contributed by atoms with Crippen LogP contribution in [0.25, 0.3) is 0 Å². The Morgan fingerprint density at radius 3 is 1.48 bits per heavy atom. The first-order chi connectivity index (χ1) is 14.3. The smallest absolute Gasteiger partial charge is 0.0461 e. The van der Waals surface area contributed by atoms with Crippen LogP contribution in [0.3, 0.4) is 0 Å². The van der Waals surface area contributed by atoms with Crippen LogP contribution in [0.2, 0.25) is 0 Å². The van der Waals surface area contributed by atoms with Crippen molar-refractivity contribution >= 4 is 0 Å². The normalized spacial score (nSPS) is 22.5. The fraction of sp³-hybridized carbons (Fsp3) is 1.00. The highest BCUT2D eigenvalue weighted by Crippen LogP contribution is 2.43. The van der Waals surface area contributed by atoms with Gasteiger partial charge in [-0.15, -0.1) is 0 Å². The van der Waals surface area contributed by atoms with Gasteiger partial charge in [-0.1, -0.05) is 83.1 Å². The summed E-state index contributed by atoms with van der Waals surface area (Å²) in [4.78, 5) is 0. The van der Waals surface area contributed by atoms with E-state index in [1.807, 2.05) is 0 Å². The minimum absolute atomic E-state index is 0.343. The standard InChI is InChI=1S/C11H22.C9H19N.C9H20O/c1-8(2)7-11(9(3)4)10-5-6-10;1-6(2)8-5-9(8)10-7(3)4;1-7(2)5-9(6-10)8(3)4/h8-11H,5-7H2,1-4H3;6-10H,5H2,1-4H3;7-10H,5-6H2,1-4H3. The summed E-state index contributed by atoms with van der Waals surface area (Å²) in [7, 11) is 0. The van der Waals surface area contributed by atoms with E-state index in [0.717, 1.165) is 48.0 Å². The third kappa shape index (κ3) is 15.4. The first-order valence-corrected chi connectivity index (χ1v) is 13.7. The van der Waals surface area contributed by atoms with Crippen molar-refractivity contribution in [3.63, 3.8) is 0 Å². The van der Waals surface area contributed by atoms with E-state index in [9.17, 15) is 0 Å². The van der Waals surface area contributed by atoms with Crippen molar-refractivity contribution in [2.45, 2.75) is 127 Å². The highest BCUT2D eigenvalue weighted by atomic mass is 16.3. The number of nitrogens with one attached hydrogen (secondary N) is 1. The van der Waals surface area contributed by atoms with Gasteiger partial charge in [0.1, 0.15) is 0 Å². The van der Waals surface area contributed by atoms with Crippen molar-refractivity contribution < 1.29 is 5.11 Å². The van der Waals surface area contributed by atoms with Crippen LogP contribution < -0.4 is 5.32 Å². The molecule has 0 saturated heterocycles. The summed E-state index contributed by atoms with van der Waals surface area (Å²) in [5.41, 5.74) is 0. The van der Waals surface area contributed by atoms with Crippen LogP contribution in [0.5, 0.6) is 0 Å². The molecule has 2 heteroatoms. The second-order valence-electron chi connectivity index (χ2n) is 12.8. The Labute approximate surface area is 197 Å². The van der Waals surface area contributed by atoms with Crippen LogP contribution in [0.1, 0.15) is 115 Å². The predicted octanol–water partition coefficient (Wildman–Crippen LogP) is 8.04. The second kappa shape index (κ2) is 15.7. The molecule has 0 aromatic carbocycles. The summed E-state index contributed by atoms with van der Waals surface area (Å²) in [5.74, 6) is 7.57. The maximum Gasteiger partial charge on any atom is 0.0461 e. The molecular weight excluding hydrogens is 378 g/mol. The lowest BCUT2D eigenvalue weighted by atomic mass is 9.84. The van der Waals surface area contributed by atoms with Crippen molar-refractivity contribution in [1.82, 2.24) is 5.32 Å². The fourth-order valence-electron chi connectivity index (χ4n) is 4.81. The maximum atomic E-state index is 8.95. The Bertz CT molecular complexity index is 420. The van der Waals surface area contributed by atoms with Crippen molar-refractivity contribution in [3.05, 3.63) is 0 Å². The van der Waals surface area contributed by atoms with E-state index in [1.54, 1.807) is 0 Å². The van der Waals surface area contributed by atoms with Crippen LogP contribution >= 0.6 is 0 Å². The molecule has 2 aliphatic carbocycles. The molecule has 2 N–H and O–H groups in total. The van der Waals surface area contributed by atoms with E-state index < -0.39 is 0 Å². The molecule has 0 aromatic rings. The van der Waals surface area contributed by atoms with Crippen molar-refractivity contribution in [3.8, 4) is 0 Å². The molecule has 2 rings (SSSR count). The molecular formula is C29H61NO. The molecule has 0 bridgehead atoms. The summed E-state index contributed by atoms with van der Waals surface area (Å²) >= 11 is 0. The summed E-state index contributed by atoms with van der Waals surface area (Å²) in [6.45, 7) is 27.6. The zero-order chi connectivity index (χ0) is 24.3. The third-order valence-electron chi connectivity index (χ3n) is 7.02. The molecule has 2 aliphatic rings. The lowest BCUT2D eigenvalue weighted by molar-refractivity contribution is 0.168. The monoisotopic (exact) mass is 439 g/mol. The lowest BCUT2D eigenvalue weighted by Crippen LogP contribution is -2.26. The Hall–Kier alpha value is -0.0800. The van der Waals surface area contributed by atoms with E-state index in [2.05, 4.69) is 88.4 Å². The van der Waals surface area contributed by atoms with Gasteiger partial charge >= 0.3 is 0 Å². The van der Waals surface area contributed by atoms with Gasteiger partial charge in [-0.3, -0.25) is 0 Å². The van der Waals surface area contributed by atoms with Crippen LogP contribution in [0.4, 0.5) is 0 Å². The lowest BCUT2D eigenvalue weighted by Gasteiger charge is -2.22. The second-order valence-corrected chi connectivity index (χ2v) is 12.8. The maximum absolute atomic E-state index is 8.95. The molecule has 0 aliphatic heterocycles. The summed E-state index contributed by atoms with van der Waals surface area (Å²) in [6, 6.07) is 1.49. The average molecular weight is 440 g/mol. The molecule has 188 valence electrons. The Kier molecular flexibility index (Phi) is 15.7. The van der Waals surface area contributed by atoms with E-state index in [1.165, 1.54) is 25.7 Å². The van der Waals surface area contributed by atoms with E-state index in [4.69, 9.17) is 5.11 Å². The Balaban J connectivity index is 0.000000436. The van der Waals surface area contributed by atoms with E-state index in [-0.39, 0.29) is 0 Å². The topological polar surface area (TPSA) is 32.3 Å². The SMILES string of the molecule is CC(C)CC(C(C)C)C1CC1.CC(C)CC(CO)C(C)C.CC(C)NC1CC1C(C)C. The Morgan fingerprint density at radius 2 is 1.26 bits per heavy atom. The summed E-state index contributed by atoms with van der Waals surface area (Å²) < 4.78 is 0. The van der Waals surface area contributed by atoms with Gasteiger partial charge in [-0.25, -0.2) is 0 Å². The first-order valence-electron chi connectivity index (χ1n) is 13.7.